The number of halogens is 1. The number of imidazole rings is 1. The monoisotopic (exact) mass is 210 g/mol. The fourth-order valence-corrected chi connectivity index (χ4v) is 1.91. The molecule has 0 aliphatic rings. The maximum atomic E-state index is 9.47. The highest BCUT2D eigenvalue weighted by Gasteiger charge is 2.13. The molecule has 0 aliphatic heterocycles. The quantitative estimate of drug-likeness (QED) is 0.784. The first-order chi connectivity index (χ1) is 6.61. The average Bonchev–Trinajstić information content (AvgIpc) is 2.45. The Kier molecular flexibility index (Phi) is 2.21. The third kappa shape index (κ3) is 1.29. The van der Waals surface area contributed by atoms with Crippen molar-refractivity contribution >= 4 is 22.6 Å². The summed E-state index contributed by atoms with van der Waals surface area (Å²) in [6, 6.07) is 5.55. The lowest BCUT2D eigenvalue weighted by atomic mass is 10.3. The van der Waals surface area contributed by atoms with Gasteiger partial charge in [0, 0.05) is 7.05 Å². The number of para-hydroxylation sites is 1. The highest BCUT2D eigenvalue weighted by Crippen LogP contribution is 2.25. The van der Waals surface area contributed by atoms with Crippen molar-refractivity contribution in [3.8, 4) is 0 Å². The molecule has 0 unspecified atom stereocenters. The zero-order chi connectivity index (χ0) is 10.3. The van der Waals surface area contributed by atoms with Gasteiger partial charge in [0.1, 0.15) is 11.9 Å². The molecule has 1 heterocycles. The number of hydrogen-bond donors (Lipinski definition) is 1. The number of hydrogen-bond acceptors (Lipinski definition) is 2. The van der Waals surface area contributed by atoms with Crippen LogP contribution in [0.25, 0.3) is 11.0 Å². The summed E-state index contributed by atoms with van der Waals surface area (Å²) >= 11 is 6.04. The summed E-state index contributed by atoms with van der Waals surface area (Å²) in [6.07, 6.45) is -0.580. The topological polar surface area (TPSA) is 38.1 Å². The van der Waals surface area contributed by atoms with Gasteiger partial charge < -0.3 is 9.67 Å². The van der Waals surface area contributed by atoms with E-state index in [1.54, 1.807) is 6.92 Å². The maximum Gasteiger partial charge on any atom is 0.138 e. The van der Waals surface area contributed by atoms with E-state index < -0.39 is 6.10 Å². The molecule has 1 aromatic heterocycles. The molecular weight excluding hydrogens is 200 g/mol. The van der Waals surface area contributed by atoms with Crippen molar-refractivity contribution in [2.45, 2.75) is 13.0 Å². The van der Waals surface area contributed by atoms with Crippen LogP contribution in [0.5, 0.6) is 0 Å². The molecule has 0 saturated heterocycles. The minimum absolute atomic E-state index is 0.580. The Morgan fingerprint density at radius 2 is 2.21 bits per heavy atom. The Morgan fingerprint density at radius 3 is 2.79 bits per heavy atom. The van der Waals surface area contributed by atoms with Gasteiger partial charge in [0.2, 0.25) is 0 Å². The fraction of sp³-hybridized carbons (Fsp3) is 0.300. The molecule has 1 N–H and O–H groups in total. The normalized spacial score (nSPS) is 13.4. The van der Waals surface area contributed by atoms with Crippen LogP contribution < -0.4 is 0 Å². The van der Waals surface area contributed by atoms with Crippen LogP contribution >= 0.6 is 11.6 Å². The largest absolute Gasteiger partial charge is 0.385 e. The minimum Gasteiger partial charge on any atom is -0.385 e. The molecule has 0 amide bonds. The van der Waals surface area contributed by atoms with Gasteiger partial charge in [-0.25, -0.2) is 4.98 Å². The van der Waals surface area contributed by atoms with Crippen molar-refractivity contribution in [1.29, 1.82) is 0 Å². The first kappa shape index (κ1) is 9.49. The van der Waals surface area contributed by atoms with Gasteiger partial charge in [-0.3, -0.25) is 0 Å². The number of aromatic nitrogens is 2. The zero-order valence-corrected chi connectivity index (χ0v) is 8.78. The Morgan fingerprint density at radius 1 is 1.50 bits per heavy atom. The van der Waals surface area contributed by atoms with E-state index in [4.69, 9.17) is 11.6 Å². The van der Waals surface area contributed by atoms with Gasteiger partial charge in [-0.15, -0.1) is 0 Å². The molecule has 2 rings (SSSR count). The summed E-state index contributed by atoms with van der Waals surface area (Å²) in [5.41, 5.74) is 1.68. The first-order valence-corrected chi connectivity index (χ1v) is 4.78. The lowest BCUT2D eigenvalue weighted by Crippen LogP contribution is -2.01. The van der Waals surface area contributed by atoms with Crippen LogP contribution in [0.1, 0.15) is 18.9 Å². The van der Waals surface area contributed by atoms with Gasteiger partial charge in [-0.05, 0) is 19.1 Å². The Hall–Kier alpha value is -1.06. The second kappa shape index (κ2) is 3.26. The van der Waals surface area contributed by atoms with E-state index in [1.165, 1.54) is 0 Å². The summed E-state index contributed by atoms with van der Waals surface area (Å²) < 4.78 is 1.82. The third-order valence-electron chi connectivity index (χ3n) is 2.25. The Bertz CT molecular complexity index is 476. The predicted molar refractivity (Wildman–Crippen MR) is 56.4 cm³/mol. The molecule has 3 nitrogen and oxygen atoms in total. The number of benzene rings is 1. The van der Waals surface area contributed by atoms with Gasteiger partial charge in [-0.2, -0.15) is 0 Å². The van der Waals surface area contributed by atoms with Crippen molar-refractivity contribution < 1.29 is 5.11 Å². The van der Waals surface area contributed by atoms with Crippen molar-refractivity contribution in [2.75, 3.05) is 0 Å². The molecule has 0 fully saturated rings. The predicted octanol–water partition coefficient (Wildman–Crippen LogP) is 2.28. The van der Waals surface area contributed by atoms with E-state index in [2.05, 4.69) is 4.98 Å². The van der Waals surface area contributed by atoms with Crippen LogP contribution in [0.15, 0.2) is 18.2 Å². The van der Waals surface area contributed by atoms with Crippen molar-refractivity contribution in [3.05, 3.63) is 29.0 Å². The molecule has 0 aliphatic carbocycles. The summed E-state index contributed by atoms with van der Waals surface area (Å²) in [5, 5.41) is 10.1. The van der Waals surface area contributed by atoms with E-state index >= 15 is 0 Å². The Labute approximate surface area is 86.9 Å². The molecule has 0 spiro atoms. The number of aryl methyl sites for hydroxylation is 1. The summed E-state index contributed by atoms with van der Waals surface area (Å²) in [4.78, 5) is 4.30. The van der Waals surface area contributed by atoms with Gasteiger partial charge in [0.15, 0.2) is 0 Å². The third-order valence-corrected chi connectivity index (χ3v) is 2.56. The van der Waals surface area contributed by atoms with Crippen LogP contribution in [-0.2, 0) is 7.05 Å². The number of fused-ring (bicyclic) bond motifs is 1. The minimum atomic E-state index is -0.580. The van der Waals surface area contributed by atoms with Gasteiger partial charge in [0.25, 0.3) is 0 Å². The van der Waals surface area contributed by atoms with Gasteiger partial charge >= 0.3 is 0 Å². The van der Waals surface area contributed by atoms with Gasteiger partial charge in [0.05, 0.1) is 16.1 Å². The average molecular weight is 211 g/mol. The molecule has 0 radical (unpaired) electrons. The van der Waals surface area contributed by atoms with Crippen LogP contribution in [-0.4, -0.2) is 14.7 Å². The summed E-state index contributed by atoms with van der Waals surface area (Å²) in [5.74, 6) is 0.633. The van der Waals surface area contributed by atoms with E-state index in [0.717, 1.165) is 11.0 Å². The molecular formula is C10H11ClN2O. The van der Waals surface area contributed by atoms with Crippen LogP contribution in [0.2, 0.25) is 5.02 Å². The van der Waals surface area contributed by atoms with Crippen LogP contribution in [0.4, 0.5) is 0 Å². The highest BCUT2D eigenvalue weighted by molar-refractivity contribution is 6.35. The Balaban J connectivity index is 2.81. The number of rotatable bonds is 1. The first-order valence-electron chi connectivity index (χ1n) is 4.40. The molecule has 1 atom stereocenters. The molecule has 4 heteroatoms. The second-order valence-corrected chi connectivity index (χ2v) is 3.72. The summed E-state index contributed by atoms with van der Waals surface area (Å²) in [7, 11) is 1.85. The summed E-state index contributed by atoms with van der Waals surface area (Å²) in [6.45, 7) is 1.69. The van der Waals surface area contributed by atoms with Crippen molar-refractivity contribution in [2.24, 2.45) is 7.05 Å². The smallest absolute Gasteiger partial charge is 0.138 e. The van der Waals surface area contributed by atoms with E-state index in [9.17, 15) is 5.11 Å². The lowest BCUT2D eigenvalue weighted by Gasteiger charge is -2.04. The maximum absolute atomic E-state index is 9.47. The molecule has 1 aromatic carbocycles. The SMILES string of the molecule is C[C@@H](O)c1nc2cccc(Cl)c2n1C. The van der Waals surface area contributed by atoms with Crippen LogP contribution in [0.3, 0.4) is 0 Å². The fourth-order valence-electron chi connectivity index (χ4n) is 1.61. The van der Waals surface area contributed by atoms with Gasteiger partial charge in [-0.1, -0.05) is 17.7 Å². The second-order valence-electron chi connectivity index (χ2n) is 3.31. The molecule has 2 aromatic rings. The molecule has 0 bridgehead atoms. The highest BCUT2D eigenvalue weighted by atomic mass is 35.5. The number of aliphatic hydroxyl groups excluding tert-OH is 1. The number of aliphatic hydroxyl groups is 1. The van der Waals surface area contributed by atoms with E-state index in [0.29, 0.717) is 10.8 Å². The zero-order valence-electron chi connectivity index (χ0n) is 8.03. The number of nitrogens with zero attached hydrogens (tertiary/aromatic N) is 2. The van der Waals surface area contributed by atoms with Crippen LogP contribution in [0, 0.1) is 0 Å². The van der Waals surface area contributed by atoms with E-state index in [-0.39, 0.29) is 0 Å². The molecule has 74 valence electrons. The molecule has 0 saturated carbocycles. The molecule has 14 heavy (non-hydrogen) atoms. The van der Waals surface area contributed by atoms with Crippen molar-refractivity contribution in [1.82, 2.24) is 9.55 Å². The standard InChI is InChI=1S/C10H11ClN2O/c1-6(14)10-12-8-5-3-4-7(11)9(8)13(10)2/h3-6,14H,1-2H3/t6-/m1/s1. The van der Waals surface area contributed by atoms with E-state index in [1.807, 2.05) is 29.8 Å². The van der Waals surface area contributed by atoms with Crippen molar-refractivity contribution in [3.63, 3.8) is 0 Å². The lowest BCUT2D eigenvalue weighted by molar-refractivity contribution is 0.186.